The maximum Gasteiger partial charge on any atom is 0.416 e. The summed E-state index contributed by atoms with van der Waals surface area (Å²) in [7, 11) is 0. The predicted octanol–water partition coefficient (Wildman–Crippen LogP) is 4.61. The van der Waals surface area contributed by atoms with Gasteiger partial charge in [0.2, 0.25) is 5.82 Å². The first-order valence-corrected chi connectivity index (χ1v) is 7.18. The molecule has 0 unspecified atom stereocenters. The van der Waals surface area contributed by atoms with E-state index in [0.29, 0.717) is 11.3 Å². The molecule has 0 bridgehead atoms. The zero-order valence-corrected chi connectivity index (χ0v) is 13.0. The van der Waals surface area contributed by atoms with Gasteiger partial charge in [0.15, 0.2) is 0 Å². The third kappa shape index (κ3) is 3.63. The number of halogens is 4. The number of benzene rings is 2. The fourth-order valence-corrected chi connectivity index (χ4v) is 2.26. The Hall–Kier alpha value is -2.87. The highest BCUT2D eigenvalue weighted by Crippen LogP contribution is 2.35. The summed E-state index contributed by atoms with van der Waals surface area (Å²) >= 11 is 5.95. The molecular weight excluding hydrogens is 361 g/mol. The van der Waals surface area contributed by atoms with Crippen molar-refractivity contribution in [2.24, 2.45) is 0 Å². The van der Waals surface area contributed by atoms with Gasteiger partial charge in [-0.05, 0) is 42.5 Å². The van der Waals surface area contributed by atoms with Crippen LogP contribution in [0, 0.1) is 0 Å². The lowest BCUT2D eigenvalue weighted by Gasteiger charge is -2.08. The standard InChI is InChI=1S/C16H8ClF3N2O3/c17-13-6-3-10(16(18,19)20)7-12(13)14-21-15(25-22-14)9-1-4-11(5-2-9)24-8-23/h1-8H. The summed E-state index contributed by atoms with van der Waals surface area (Å²) in [5.74, 6) is 0.333. The SMILES string of the molecule is O=COc1ccc(-c2nc(-c3cc(C(F)(F)F)ccc3Cl)no2)cc1. The van der Waals surface area contributed by atoms with Crippen LogP contribution in [-0.4, -0.2) is 16.6 Å². The first-order valence-electron chi connectivity index (χ1n) is 6.80. The van der Waals surface area contributed by atoms with E-state index in [1.807, 2.05) is 0 Å². The molecule has 2 aromatic carbocycles. The van der Waals surface area contributed by atoms with Crippen LogP contribution >= 0.6 is 11.6 Å². The Morgan fingerprint density at radius 3 is 2.48 bits per heavy atom. The normalized spacial score (nSPS) is 11.4. The quantitative estimate of drug-likeness (QED) is 0.629. The van der Waals surface area contributed by atoms with E-state index in [9.17, 15) is 18.0 Å². The summed E-state index contributed by atoms with van der Waals surface area (Å²) in [5.41, 5.74) is -0.360. The third-order valence-corrected chi connectivity index (χ3v) is 3.58. The second kappa shape index (κ2) is 6.56. The van der Waals surface area contributed by atoms with Crippen molar-refractivity contribution in [2.45, 2.75) is 6.18 Å². The van der Waals surface area contributed by atoms with Gasteiger partial charge in [0.05, 0.1) is 10.6 Å². The topological polar surface area (TPSA) is 65.2 Å². The average molecular weight is 369 g/mol. The molecule has 0 aliphatic rings. The zero-order chi connectivity index (χ0) is 18.0. The van der Waals surface area contributed by atoms with Crippen molar-refractivity contribution in [3.63, 3.8) is 0 Å². The van der Waals surface area contributed by atoms with Crippen LogP contribution in [0.3, 0.4) is 0 Å². The smallest absolute Gasteiger partial charge is 0.416 e. The molecule has 0 amide bonds. The molecule has 0 radical (unpaired) electrons. The molecule has 0 aliphatic carbocycles. The summed E-state index contributed by atoms with van der Waals surface area (Å²) in [6.45, 7) is 0.287. The molecule has 3 aromatic rings. The minimum atomic E-state index is -4.51. The van der Waals surface area contributed by atoms with Crippen molar-refractivity contribution in [3.8, 4) is 28.6 Å². The average Bonchev–Trinajstić information content (AvgIpc) is 3.05. The Morgan fingerprint density at radius 1 is 1.12 bits per heavy atom. The van der Waals surface area contributed by atoms with Crippen molar-refractivity contribution >= 4 is 18.1 Å². The van der Waals surface area contributed by atoms with E-state index in [1.54, 1.807) is 12.1 Å². The summed E-state index contributed by atoms with van der Waals surface area (Å²) in [6, 6.07) is 8.99. The van der Waals surface area contributed by atoms with Crippen LogP contribution in [0.4, 0.5) is 13.2 Å². The largest absolute Gasteiger partial charge is 0.429 e. The Bertz CT molecular complexity index is 908. The molecule has 0 N–H and O–H groups in total. The maximum absolute atomic E-state index is 12.8. The highest BCUT2D eigenvalue weighted by Gasteiger charge is 2.31. The molecule has 0 saturated carbocycles. The van der Waals surface area contributed by atoms with Gasteiger partial charge in [0.25, 0.3) is 12.4 Å². The molecule has 0 fully saturated rings. The van der Waals surface area contributed by atoms with Crippen LogP contribution in [0.1, 0.15) is 5.56 Å². The van der Waals surface area contributed by atoms with E-state index in [2.05, 4.69) is 14.9 Å². The van der Waals surface area contributed by atoms with Gasteiger partial charge < -0.3 is 9.26 Å². The van der Waals surface area contributed by atoms with E-state index in [1.165, 1.54) is 12.1 Å². The van der Waals surface area contributed by atoms with Gasteiger partial charge in [0.1, 0.15) is 5.75 Å². The summed E-state index contributed by atoms with van der Waals surface area (Å²) in [6.07, 6.45) is -4.51. The molecular formula is C16H8ClF3N2O3. The number of rotatable bonds is 4. The second-order valence-corrected chi connectivity index (χ2v) is 5.26. The van der Waals surface area contributed by atoms with Gasteiger partial charge in [-0.25, -0.2) is 0 Å². The van der Waals surface area contributed by atoms with Gasteiger partial charge in [0, 0.05) is 11.1 Å². The molecule has 0 atom stereocenters. The predicted molar refractivity (Wildman–Crippen MR) is 81.9 cm³/mol. The van der Waals surface area contributed by atoms with Gasteiger partial charge in [-0.2, -0.15) is 18.2 Å². The van der Waals surface area contributed by atoms with Crippen molar-refractivity contribution in [1.82, 2.24) is 10.1 Å². The number of alkyl halides is 3. The third-order valence-electron chi connectivity index (χ3n) is 3.25. The first kappa shape index (κ1) is 17.0. The van der Waals surface area contributed by atoms with Crippen LogP contribution < -0.4 is 4.74 Å². The Labute approximate surface area is 144 Å². The van der Waals surface area contributed by atoms with Crippen LogP contribution in [0.2, 0.25) is 5.02 Å². The van der Waals surface area contributed by atoms with Gasteiger partial charge in [-0.3, -0.25) is 4.79 Å². The number of carbonyl (C=O) groups is 1. The van der Waals surface area contributed by atoms with Gasteiger partial charge >= 0.3 is 6.18 Å². The molecule has 5 nitrogen and oxygen atoms in total. The van der Waals surface area contributed by atoms with Crippen LogP contribution in [0.15, 0.2) is 47.0 Å². The van der Waals surface area contributed by atoms with Crippen molar-refractivity contribution in [2.75, 3.05) is 0 Å². The molecule has 0 aliphatic heterocycles. The molecule has 1 heterocycles. The van der Waals surface area contributed by atoms with Crippen molar-refractivity contribution in [3.05, 3.63) is 53.1 Å². The number of aromatic nitrogens is 2. The van der Waals surface area contributed by atoms with Gasteiger partial charge in [-0.15, -0.1) is 0 Å². The molecule has 25 heavy (non-hydrogen) atoms. The fraction of sp³-hybridized carbons (Fsp3) is 0.0625. The number of carbonyl (C=O) groups excluding carboxylic acids is 1. The highest BCUT2D eigenvalue weighted by molar-refractivity contribution is 6.33. The lowest BCUT2D eigenvalue weighted by atomic mass is 10.1. The Kier molecular flexibility index (Phi) is 4.45. The Balaban J connectivity index is 1.95. The van der Waals surface area contributed by atoms with E-state index in [4.69, 9.17) is 16.1 Å². The summed E-state index contributed by atoms with van der Waals surface area (Å²) < 4.78 is 48.3. The number of ether oxygens (including phenoxy) is 1. The second-order valence-electron chi connectivity index (χ2n) is 4.85. The van der Waals surface area contributed by atoms with Crippen molar-refractivity contribution < 1.29 is 27.2 Å². The highest BCUT2D eigenvalue weighted by atomic mass is 35.5. The van der Waals surface area contributed by atoms with E-state index in [0.717, 1.165) is 18.2 Å². The van der Waals surface area contributed by atoms with Crippen LogP contribution in [0.5, 0.6) is 5.75 Å². The molecule has 0 spiro atoms. The Morgan fingerprint density at radius 2 is 1.84 bits per heavy atom. The minimum Gasteiger partial charge on any atom is -0.429 e. The first-order chi connectivity index (χ1) is 11.9. The molecule has 1 aromatic heterocycles. The van der Waals surface area contributed by atoms with Crippen LogP contribution in [-0.2, 0) is 11.0 Å². The van der Waals surface area contributed by atoms with Crippen LogP contribution in [0.25, 0.3) is 22.8 Å². The summed E-state index contributed by atoms with van der Waals surface area (Å²) in [4.78, 5) is 14.3. The van der Waals surface area contributed by atoms with Gasteiger partial charge in [-0.1, -0.05) is 16.8 Å². The molecule has 0 saturated heterocycles. The fourth-order valence-electron chi connectivity index (χ4n) is 2.05. The zero-order valence-electron chi connectivity index (χ0n) is 12.2. The number of hydrogen-bond donors (Lipinski definition) is 0. The molecule has 128 valence electrons. The number of nitrogens with zero attached hydrogens (tertiary/aromatic N) is 2. The van der Waals surface area contributed by atoms with E-state index in [-0.39, 0.29) is 28.8 Å². The maximum atomic E-state index is 12.8. The van der Waals surface area contributed by atoms with E-state index >= 15 is 0 Å². The lowest BCUT2D eigenvalue weighted by molar-refractivity contribution is -0.137. The van der Waals surface area contributed by atoms with Crippen molar-refractivity contribution in [1.29, 1.82) is 0 Å². The summed E-state index contributed by atoms with van der Waals surface area (Å²) in [5, 5.41) is 3.75. The molecule has 3 rings (SSSR count). The number of hydrogen-bond acceptors (Lipinski definition) is 5. The lowest BCUT2D eigenvalue weighted by Crippen LogP contribution is -2.04. The van der Waals surface area contributed by atoms with E-state index < -0.39 is 11.7 Å². The molecule has 9 heteroatoms. The monoisotopic (exact) mass is 368 g/mol. The minimum absolute atomic E-state index is 0.00685.